The molecule has 0 saturated heterocycles. The van der Waals surface area contributed by atoms with Gasteiger partial charge in [-0.15, -0.1) is 11.3 Å². The van der Waals surface area contributed by atoms with Crippen LogP contribution in [0.1, 0.15) is 18.4 Å². The predicted octanol–water partition coefficient (Wildman–Crippen LogP) is 4.02. The maximum atomic E-state index is 12.4. The molecule has 7 heteroatoms. The zero-order valence-electron chi connectivity index (χ0n) is 10.3. The Bertz CT molecular complexity index is 751. The van der Waals surface area contributed by atoms with Gasteiger partial charge in [-0.2, -0.15) is 4.72 Å². The van der Waals surface area contributed by atoms with E-state index < -0.39 is 15.6 Å². The molecule has 1 fully saturated rings. The molecule has 20 heavy (non-hydrogen) atoms. The Morgan fingerprint density at radius 2 is 1.90 bits per heavy atom. The molecule has 1 N–H and O–H groups in total. The Morgan fingerprint density at radius 3 is 2.45 bits per heavy atom. The molecular weight excluding hydrogens is 337 g/mol. The molecule has 0 radical (unpaired) electrons. The standard InChI is InChI=1S/C13H11Cl2NO2S2/c14-10-3-1-2-9(8-10)13(6-7-13)16-20(17,18)12-5-4-11(15)19-12/h1-5,8,16H,6-7H2. The van der Waals surface area contributed by atoms with E-state index in [1.165, 1.54) is 6.07 Å². The largest absolute Gasteiger partial charge is 0.250 e. The van der Waals surface area contributed by atoms with Crippen molar-refractivity contribution in [1.82, 2.24) is 4.72 Å². The van der Waals surface area contributed by atoms with E-state index >= 15 is 0 Å². The summed E-state index contributed by atoms with van der Waals surface area (Å²) in [5.41, 5.74) is 0.372. The summed E-state index contributed by atoms with van der Waals surface area (Å²) in [5.74, 6) is 0. The summed E-state index contributed by atoms with van der Waals surface area (Å²) < 4.78 is 28.2. The molecule has 1 aliphatic carbocycles. The molecule has 1 saturated carbocycles. The predicted molar refractivity (Wildman–Crippen MR) is 82.0 cm³/mol. The number of benzene rings is 1. The maximum absolute atomic E-state index is 12.4. The van der Waals surface area contributed by atoms with Crippen molar-refractivity contribution in [3.05, 3.63) is 51.3 Å². The molecule has 1 aliphatic rings. The molecule has 1 aromatic carbocycles. The molecule has 0 bridgehead atoms. The molecule has 1 heterocycles. The maximum Gasteiger partial charge on any atom is 0.250 e. The number of sulfonamides is 1. The molecule has 0 aliphatic heterocycles. The van der Waals surface area contributed by atoms with Crippen LogP contribution in [0.3, 0.4) is 0 Å². The highest BCUT2D eigenvalue weighted by Crippen LogP contribution is 2.47. The molecule has 3 rings (SSSR count). The van der Waals surface area contributed by atoms with Crippen molar-refractivity contribution >= 4 is 44.6 Å². The molecule has 106 valence electrons. The van der Waals surface area contributed by atoms with Crippen LogP contribution in [0.4, 0.5) is 0 Å². The lowest BCUT2D eigenvalue weighted by molar-refractivity contribution is 0.553. The lowest BCUT2D eigenvalue weighted by atomic mass is 10.1. The van der Waals surface area contributed by atoms with Crippen LogP contribution in [0.5, 0.6) is 0 Å². The third-order valence-electron chi connectivity index (χ3n) is 3.27. The molecule has 1 aromatic heterocycles. The van der Waals surface area contributed by atoms with E-state index in [9.17, 15) is 8.42 Å². The molecule has 0 unspecified atom stereocenters. The zero-order valence-corrected chi connectivity index (χ0v) is 13.4. The minimum atomic E-state index is -3.55. The Kier molecular flexibility index (Phi) is 3.59. The van der Waals surface area contributed by atoms with Crippen LogP contribution < -0.4 is 4.72 Å². The van der Waals surface area contributed by atoms with Crippen LogP contribution in [-0.2, 0) is 15.6 Å². The van der Waals surface area contributed by atoms with Gasteiger partial charge in [0.05, 0.1) is 9.88 Å². The fraction of sp³-hybridized carbons (Fsp3) is 0.231. The van der Waals surface area contributed by atoms with Crippen molar-refractivity contribution in [2.24, 2.45) is 0 Å². The first kappa shape index (κ1) is 14.4. The second-order valence-corrected chi connectivity index (χ2v) is 8.82. The molecule has 0 spiro atoms. The van der Waals surface area contributed by atoms with E-state index in [0.29, 0.717) is 9.36 Å². The molecule has 0 amide bonds. The van der Waals surface area contributed by atoms with Crippen LogP contribution in [0.25, 0.3) is 0 Å². The smallest absolute Gasteiger partial charge is 0.206 e. The van der Waals surface area contributed by atoms with Gasteiger partial charge in [0.1, 0.15) is 4.21 Å². The van der Waals surface area contributed by atoms with Crippen molar-refractivity contribution < 1.29 is 8.42 Å². The van der Waals surface area contributed by atoms with E-state index in [1.54, 1.807) is 18.2 Å². The van der Waals surface area contributed by atoms with Gasteiger partial charge < -0.3 is 0 Å². The highest BCUT2D eigenvalue weighted by molar-refractivity contribution is 7.91. The SMILES string of the molecule is O=S(=O)(NC1(c2cccc(Cl)c2)CC1)c1ccc(Cl)s1. The van der Waals surface area contributed by atoms with Gasteiger partial charge in [0, 0.05) is 5.02 Å². The van der Waals surface area contributed by atoms with Gasteiger partial charge in [-0.1, -0.05) is 35.3 Å². The fourth-order valence-electron chi connectivity index (χ4n) is 2.11. The Labute approximate surface area is 131 Å². The van der Waals surface area contributed by atoms with Gasteiger partial charge in [0.2, 0.25) is 0 Å². The van der Waals surface area contributed by atoms with Crippen molar-refractivity contribution in [3.63, 3.8) is 0 Å². The van der Waals surface area contributed by atoms with Gasteiger partial charge >= 0.3 is 0 Å². The summed E-state index contributed by atoms with van der Waals surface area (Å²) in [4.78, 5) is 0. The summed E-state index contributed by atoms with van der Waals surface area (Å²) in [6, 6.07) is 10.4. The second kappa shape index (κ2) is 5.00. The highest BCUT2D eigenvalue weighted by atomic mass is 35.5. The van der Waals surface area contributed by atoms with Gasteiger partial charge in [-0.3, -0.25) is 0 Å². The van der Waals surface area contributed by atoms with Crippen molar-refractivity contribution in [1.29, 1.82) is 0 Å². The molecule has 3 nitrogen and oxygen atoms in total. The van der Waals surface area contributed by atoms with Crippen LogP contribution in [0.2, 0.25) is 9.36 Å². The number of nitrogens with one attached hydrogen (secondary N) is 1. The Balaban J connectivity index is 1.91. The minimum absolute atomic E-state index is 0.232. The third-order valence-corrected chi connectivity index (χ3v) is 6.76. The number of halogens is 2. The highest BCUT2D eigenvalue weighted by Gasteiger charge is 2.47. The monoisotopic (exact) mass is 347 g/mol. The average Bonchev–Trinajstić information content (AvgIpc) is 3.01. The van der Waals surface area contributed by atoms with Crippen LogP contribution in [0, 0.1) is 0 Å². The van der Waals surface area contributed by atoms with Crippen molar-refractivity contribution in [2.45, 2.75) is 22.6 Å². The summed E-state index contributed by atoms with van der Waals surface area (Å²) in [6.45, 7) is 0. The first-order valence-corrected chi connectivity index (χ1v) is 9.02. The summed E-state index contributed by atoms with van der Waals surface area (Å²) in [6.07, 6.45) is 1.54. The quantitative estimate of drug-likeness (QED) is 0.907. The summed E-state index contributed by atoms with van der Waals surface area (Å²) in [5, 5.41) is 0.604. The van der Waals surface area contributed by atoms with Crippen molar-refractivity contribution in [3.8, 4) is 0 Å². The van der Waals surface area contributed by atoms with E-state index in [4.69, 9.17) is 23.2 Å². The molecular formula is C13H11Cl2NO2S2. The lowest BCUT2D eigenvalue weighted by Crippen LogP contribution is -2.34. The van der Waals surface area contributed by atoms with Gasteiger partial charge in [-0.25, -0.2) is 8.42 Å². The fourth-order valence-corrected chi connectivity index (χ4v) is 5.23. The Morgan fingerprint density at radius 1 is 1.15 bits per heavy atom. The van der Waals surface area contributed by atoms with Crippen LogP contribution in [-0.4, -0.2) is 8.42 Å². The summed E-state index contributed by atoms with van der Waals surface area (Å²) >= 11 is 12.8. The van der Waals surface area contributed by atoms with Crippen LogP contribution in [0.15, 0.2) is 40.6 Å². The average molecular weight is 348 g/mol. The van der Waals surface area contributed by atoms with Gasteiger partial charge in [0.25, 0.3) is 10.0 Å². The summed E-state index contributed by atoms with van der Waals surface area (Å²) in [7, 11) is -3.55. The topological polar surface area (TPSA) is 46.2 Å². The molecule has 0 atom stereocenters. The van der Waals surface area contributed by atoms with E-state index in [2.05, 4.69) is 4.72 Å². The van der Waals surface area contributed by atoms with Gasteiger partial charge in [-0.05, 0) is 42.7 Å². The van der Waals surface area contributed by atoms with Crippen LogP contribution >= 0.6 is 34.5 Å². The van der Waals surface area contributed by atoms with E-state index in [-0.39, 0.29) is 4.21 Å². The minimum Gasteiger partial charge on any atom is -0.206 e. The molecule has 2 aromatic rings. The number of thiophene rings is 1. The zero-order chi connectivity index (χ0) is 14.4. The van der Waals surface area contributed by atoms with Gasteiger partial charge in [0.15, 0.2) is 0 Å². The third kappa shape index (κ3) is 2.73. The Hall–Kier alpha value is -0.590. The lowest BCUT2D eigenvalue weighted by Gasteiger charge is -2.17. The number of rotatable bonds is 4. The first-order chi connectivity index (χ1) is 9.41. The second-order valence-electron chi connectivity index (χ2n) is 4.76. The van der Waals surface area contributed by atoms with Crippen molar-refractivity contribution in [2.75, 3.05) is 0 Å². The number of hydrogen-bond donors (Lipinski definition) is 1. The number of hydrogen-bond acceptors (Lipinski definition) is 3. The first-order valence-electron chi connectivity index (χ1n) is 5.97. The van der Waals surface area contributed by atoms with E-state index in [0.717, 1.165) is 29.7 Å². The normalized spacial score (nSPS) is 17.1. The van der Waals surface area contributed by atoms with E-state index in [1.807, 2.05) is 12.1 Å².